The van der Waals surface area contributed by atoms with Gasteiger partial charge in [0.2, 0.25) is 0 Å². The second-order valence-corrected chi connectivity index (χ2v) is 5.37. The number of nitrogens with one attached hydrogen (secondary N) is 1. The average molecular weight is 281 g/mol. The average Bonchev–Trinajstić information content (AvgIpc) is 2.99. The fourth-order valence-corrected chi connectivity index (χ4v) is 2.68. The van der Waals surface area contributed by atoms with Crippen LogP contribution in [0.25, 0.3) is 10.9 Å². The molecule has 0 aliphatic rings. The lowest BCUT2D eigenvalue weighted by Crippen LogP contribution is -2.32. The Balaban J connectivity index is 1.76. The molecule has 2 atom stereocenters. The van der Waals surface area contributed by atoms with Gasteiger partial charge < -0.3 is 9.88 Å². The van der Waals surface area contributed by atoms with Crippen LogP contribution in [-0.4, -0.2) is 25.8 Å². The summed E-state index contributed by atoms with van der Waals surface area (Å²) in [5.74, 6) is 0. The van der Waals surface area contributed by atoms with Crippen molar-refractivity contribution in [2.45, 2.75) is 32.5 Å². The van der Waals surface area contributed by atoms with Crippen molar-refractivity contribution in [3.8, 4) is 0 Å². The first kappa shape index (κ1) is 13.7. The Kier molecular flexibility index (Phi) is 3.92. The Morgan fingerprint density at radius 1 is 1.10 bits per heavy atom. The van der Waals surface area contributed by atoms with E-state index in [0.717, 1.165) is 12.1 Å². The van der Waals surface area contributed by atoms with E-state index in [4.69, 9.17) is 0 Å². The van der Waals surface area contributed by atoms with Crippen molar-refractivity contribution in [3.05, 3.63) is 54.7 Å². The van der Waals surface area contributed by atoms with Crippen molar-refractivity contribution in [2.75, 3.05) is 0 Å². The smallest absolute Gasteiger partial charge is 0.119 e. The van der Waals surface area contributed by atoms with Crippen LogP contribution in [0.5, 0.6) is 0 Å². The molecule has 0 saturated heterocycles. The van der Waals surface area contributed by atoms with Gasteiger partial charge in [0.15, 0.2) is 0 Å². The largest absolute Gasteiger partial charge is 0.319 e. The second-order valence-electron chi connectivity index (χ2n) is 5.37. The highest BCUT2D eigenvalue weighted by Gasteiger charge is 2.13. The molecule has 21 heavy (non-hydrogen) atoms. The number of para-hydroxylation sites is 1. The zero-order valence-corrected chi connectivity index (χ0v) is 12.3. The number of hydrogen-bond acceptors (Lipinski definition) is 4. The first-order chi connectivity index (χ1) is 10.2. The number of benzene rings is 1. The molecule has 0 aliphatic heterocycles. The number of fused-ring (bicyclic) bond motifs is 1. The van der Waals surface area contributed by atoms with Crippen LogP contribution in [0.4, 0.5) is 0 Å². The van der Waals surface area contributed by atoms with E-state index in [1.54, 1.807) is 12.7 Å². The molecule has 5 heteroatoms. The van der Waals surface area contributed by atoms with Crippen molar-refractivity contribution in [2.24, 2.45) is 0 Å². The van der Waals surface area contributed by atoms with Crippen LogP contribution in [0.15, 0.2) is 49.2 Å². The van der Waals surface area contributed by atoms with E-state index in [2.05, 4.69) is 58.6 Å². The van der Waals surface area contributed by atoms with E-state index in [0.29, 0.717) is 6.04 Å². The molecule has 1 N–H and O–H groups in total. The van der Waals surface area contributed by atoms with Crippen molar-refractivity contribution in [1.29, 1.82) is 0 Å². The summed E-state index contributed by atoms with van der Waals surface area (Å²) in [6.45, 7) is 5.18. The van der Waals surface area contributed by atoms with Gasteiger partial charge in [-0.2, -0.15) is 0 Å². The highest BCUT2D eigenvalue weighted by molar-refractivity contribution is 5.81. The summed E-state index contributed by atoms with van der Waals surface area (Å²) in [5.41, 5.74) is 2.29. The van der Waals surface area contributed by atoms with Crippen LogP contribution in [0.2, 0.25) is 0 Å². The first-order valence-electron chi connectivity index (χ1n) is 7.16. The molecule has 5 nitrogen and oxygen atoms in total. The minimum absolute atomic E-state index is 0.232. The lowest BCUT2D eigenvalue weighted by atomic mass is 10.0. The van der Waals surface area contributed by atoms with E-state index in [1.165, 1.54) is 10.9 Å². The minimum atomic E-state index is 0.232. The standard InChI is InChI=1S/C16H19N5/c1-12(9-21-10-18-19-11-21)20-13(2)15-7-3-5-14-6-4-8-17-16(14)15/h3-8,10-13,20H,9H2,1-2H3. The predicted molar refractivity (Wildman–Crippen MR) is 82.8 cm³/mol. The zero-order chi connectivity index (χ0) is 14.7. The van der Waals surface area contributed by atoms with E-state index in [9.17, 15) is 0 Å². The highest BCUT2D eigenvalue weighted by atomic mass is 15.2. The van der Waals surface area contributed by atoms with Crippen molar-refractivity contribution in [1.82, 2.24) is 25.1 Å². The molecule has 0 aliphatic carbocycles. The molecule has 0 bridgehead atoms. The zero-order valence-electron chi connectivity index (χ0n) is 12.3. The Morgan fingerprint density at radius 2 is 1.86 bits per heavy atom. The topological polar surface area (TPSA) is 55.6 Å². The summed E-state index contributed by atoms with van der Waals surface area (Å²) in [6.07, 6.45) is 5.32. The van der Waals surface area contributed by atoms with Gasteiger partial charge in [-0.05, 0) is 25.5 Å². The Hall–Kier alpha value is -2.27. The van der Waals surface area contributed by atoms with E-state index in [-0.39, 0.29) is 6.04 Å². The van der Waals surface area contributed by atoms with Gasteiger partial charge in [0.05, 0.1) is 5.52 Å². The lowest BCUT2D eigenvalue weighted by Gasteiger charge is -2.21. The maximum Gasteiger partial charge on any atom is 0.119 e. The van der Waals surface area contributed by atoms with Gasteiger partial charge in [-0.15, -0.1) is 10.2 Å². The van der Waals surface area contributed by atoms with Crippen LogP contribution in [0.3, 0.4) is 0 Å². The molecule has 2 unspecified atom stereocenters. The molecule has 0 saturated carbocycles. The van der Waals surface area contributed by atoms with Crippen LogP contribution >= 0.6 is 0 Å². The van der Waals surface area contributed by atoms with Crippen molar-refractivity contribution >= 4 is 10.9 Å². The SMILES string of the molecule is CC(Cn1cnnc1)NC(C)c1cccc2cccnc12. The highest BCUT2D eigenvalue weighted by Crippen LogP contribution is 2.22. The third kappa shape index (κ3) is 3.08. The summed E-state index contributed by atoms with van der Waals surface area (Å²) in [7, 11) is 0. The number of aromatic nitrogens is 4. The molecular weight excluding hydrogens is 262 g/mol. The van der Waals surface area contributed by atoms with E-state index in [1.807, 2.05) is 16.8 Å². The normalized spacial score (nSPS) is 14.2. The molecule has 0 amide bonds. The van der Waals surface area contributed by atoms with Gasteiger partial charge in [-0.3, -0.25) is 4.98 Å². The summed E-state index contributed by atoms with van der Waals surface area (Å²) < 4.78 is 1.98. The van der Waals surface area contributed by atoms with Crippen LogP contribution in [0, 0.1) is 0 Å². The third-order valence-corrected chi connectivity index (χ3v) is 3.62. The fourth-order valence-electron chi connectivity index (χ4n) is 2.68. The summed E-state index contributed by atoms with van der Waals surface area (Å²) in [6, 6.07) is 10.9. The molecule has 0 radical (unpaired) electrons. The number of rotatable bonds is 5. The van der Waals surface area contributed by atoms with Gasteiger partial charge in [-0.1, -0.05) is 24.3 Å². The second kappa shape index (κ2) is 6.01. The summed E-state index contributed by atoms with van der Waals surface area (Å²) in [4.78, 5) is 4.52. The Bertz CT molecular complexity index is 702. The first-order valence-corrected chi connectivity index (χ1v) is 7.16. The minimum Gasteiger partial charge on any atom is -0.319 e. The number of hydrogen-bond donors (Lipinski definition) is 1. The maximum atomic E-state index is 4.52. The van der Waals surface area contributed by atoms with Crippen LogP contribution in [-0.2, 0) is 6.54 Å². The molecule has 0 spiro atoms. The van der Waals surface area contributed by atoms with Gasteiger partial charge in [0.1, 0.15) is 12.7 Å². The quantitative estimate of drug-likeness (QED) is 0.781. The Labute approximate surface area is 124 Å². The predicted octanol–water partition coefficient (Wildman–Crippen LogP) is 2.57. The molecule has 2 heterocycles. The molecule has 3 aromatic rings. The fraction of sp³-hybridized carbons (Fsp3) is 0.312. The molecule has 108 valence electrons. The number of pyridine rings is 1. The molecule has 1 aromatic carbocycles. The summed E-state index contributed by atoms with van der Waals surface area (Å²) in [5, 5.41) is 12.4. The van der Waals surface area contributed by atoms with E-state index >= 15 is 0 Å². The molecule has 0 fully saturated rings. The maximum absolute atomic E-state index is 4.52. The monoisotopic (exact) mass is 281 g/mol. The van der Waals surface area contributed by atoms with Crippen molar-refractivity contribution in [3.63, 3.8) is 0 Å². The van der Waals surface area contributed by atoms with Crippen LogP contribution < -0.4 is 5.32 Å². The number of nitrogens with zero attached hydrogens (tertiary/aromatic N) is 4. The van der Waals surface area contributed by atoms with Gasteiger partial charge in [-0.25, -0.2) is 0 Å². The van der Waals surface area contributed by atoms with Gasteiger partial charge in [0.25, 0.3) is 0 Å². The Morgan fingerprint density at radius 3 is 2.67 bits per heavy atom. The third-order valence-electron chi connectivity index (χ3n) is 3.62. The van der Waals surface area contributed by atoms with Crippen molar-refractivity contribution < 1.29 is 0 Å². The van der Waals surface area contributed by atoms with Crippen LogP contribution in [0.1, 0.15) is 25.5 Å². The lowest BCUT2D eigenvalue weighted by molar-refractivity contribution is 0.431. The molecule has 2 aromatic heterocycles. The van der Waals surface area contributed by atoms with Gasteiger partial charge >= 0.3 is 0 Å². The summed E-state index contributed by atoms with van der Waals surface area (Å²) >= 11 is 0. The molecule has 3 rings (SSSR count). The van der Waals surface area contributed by atoms with Gasteiger partial charge in [0, 0.05) is 30.2 Å². The van der Waals surface area contributed by atoms with E-state index < -0.39 is 0 Å². The molecular formula is C16H19N5.